The molecular weight excluding hydrogens is 242 g/mol. The number of aromatic nitrogens is 2. The van der Waals surface area contributed by atoms with E-state index in [0.29, 0.717) is 0 Å². The van der Waals surface area contributed by atoms with E-state index >= 15 is 0 Å². The Kier molecular flexibility index (Phi) is 2.74. The molecule has 0 aliphatic heterocycles. The summed E-state index contributed by atoms with van der Waals surface area (Å²) in [7, 11) is 0. The molecule has 4 heteroatoms. The molecule has 1 aromatic heterocycles. The van der Waals surface area contributed by atoms with E-state index in [1.807, 2.05) is 30.3 Å². The third-order valence-corrected chi connectivity index (χ3v) is 2.41. The third-order valence-electron chi connectivity index (χ3n) is 1.72. The lowest BCUT2D eigenvalue weighted by molar-refractivity contribution is 1.17. The highest BCUT2D eigenvalue weighted by Crippen LogP contribution is 2.23. The second-order valence-corrected chi connectivity index (χ2v) is 3.55. The number of benzene rings is 1. The Labute approximate surface area is 90.3 Å². The molecule has 1 aromatic carbocycles. The molecule has 0 radical (unpaired) electrons. The van der Waals surface area contributed by atoms with E-state index in [2.05, 4.69) is 31.2 Å². The van der Waals surface area contributed by atoms with Gasteiger partial charge in [0.05, 0.1) is 5.69 Å². The van der Waals surface area contributed by atoms with Crippen molar-refractivity contribution in [1.82, 2.24) is 9.97 Å². The van der Waals surface area contributed by atoms with Crippen molar-refractivity contribution in [2.24, 2.45) is 0 Å². The highest BCUT2D eigenvalue weighted by atomic mass is 79.9. The topological polar surface area (TPSA) is 37.8 Å². The van der Waals surface area contributed by atoms with Gasteiger partial charge in [0.25, 0.3) is 0 Å². The molecule has 2 aromatic rings. The van der Waals surface area contributed by atoms with Crippen molar-refractivity contribution >= 4 is 27.4 Å². The summed E-state index contributed by atoms with van der Waals surface area (Å²) < 4.78 is 1.01. The van der Waals surface area contributed by atoms with E-state index in [1.54, 1.807) is 6.20 Å². The summed E-state index contributed by atoms with van der Waals surface area (Å²) in [6.45, 7) is 0. The number of hydrogen-bond acceptors (Lipinski definition) is 3. The molecule has 3 nitrogen and oxygen atoms in total. The van der Waals surface area contributed by atoms with Crippen molar-refractivity contribution in [1.29, 1.82) is 0 Å². The Bertz CT molecular complexity index is 417. The number of hydrogen-bond donors (Lipinski definition) is 1. The van der Waals surface area contributed by atoms with Gasteiger partial charge in [-0.3, -0.25) is 0 Å². The molecule has 0 fully saturated rings. The normalized spacial score (nSPS) is 9.79. The Hall–Kier alpha value is -1.42. The Balaban J connectivity index is 2.24. The molecule has 14 heavy (non-hydrogen) atoms. The molecular formula is C10H8BrN3. The number of para-hydroxylation sites is 1. The van der Waals surface area contributed by atoms with Gasteiger partial charge in [-0.25, -0.2) is 9.97 Å². The molecule has 1 N–H and O–H groups in total. The fourth-order valence-corrected chi connectivity index (χ4v) is 1.45. The van der Waals surface area contributed by atoms with Crippen LogP contribution in [0.3, 0.4) is 0 Å². The van der Waals surface area contributed by atoms with Crippen LogP contribution in [-0.4, -0.2) is 9.97 Å². The van der Waals surface area contributed by atoms with Crippen molar-refractivity contribution in [3.63, 3.8) is 0 Å². The van der Waals surface area contributed by atoms with Gasteiger partial charge in [0, 0.05) is 10.7 Å². The molecule has 0 amide bonds. The summed E-state index contributed by atoms with van der Waals surface area (Å²) in [5.41, 5.74) is 0.992. The number of anilines is 2. The molecule has 0 bridgehead atoms. The average molecular weight is 250 g/mol. The fourth-order valence-electron chi connectivity index (χ4n) is 1.07. The van der Waals surface area contributed by atoms with Crippen molar-refractivity contribution in [2.75, 3.05) is 5.32 Å². The molecule has 0 saturated heterocycles. The fraction of sp³-hybridized carbons (Fsp3) is 0. The van der Waals surface area contributed by atoms with Gasteiger partial charge >= 0.3 is 0 Å². The standard InChI is InChI=1S/C10H8BrN3/c11-8-3-1-2-4-9(8)14-10-5-6-12-7-13-10/h1-7H,(H,12,13,14). The number of nitrogens with one attached hydrogen (secondary N) is 1. The predicted molar refractivity (Wildman–Crippen MR) is 59.5 cm³/mol. The van der Waals surface area contributed by atoms with Crippen molar-refractivity contribution < 1.29 is 0 Å². The monoisotopic (exact) mass is 249 g/mol. The van der Waals surface area contributed by atoms with E-state index in [0.717, 1.165) is 16.0 Å². The summed E-state index contributed by atoms with van der Waals surface area (Å²) >= 11 is 3.45. The van der Waals surface area contributed by atoms with E-state index in [-0.39, 0.29) is 0 Å². The van der Waals surface area contributed by atoms with Gasteiger partial charge in [-0.05, 0) is 34.1 Å². The molecule has 0 aliphatic carbocycles. The van der Waals surface area contributed by atoms with E-state index in [9.17, 15) is 0 Å². The summed E-state index contributed by atoms with van der Waals surface area (Å²) in [4.78, 5) is 7.92. The van der Waals surface area contributed by atoms with Gasteiger partial charge in [-0.15, -0.1) is 0 Å². The maximum atomic E-state index is 4.07. The maximum Gasteiger partial charge on any atom is 0.133 e. The first kappa shape index (κ1) is 9.15. The molecule has 0 aliphatic rings. The maximum absolute atomic E-state index is 4.07. The Morgan fingerprint density at radius 1 is 1.14 bits per heavy atom. The minimum atomic E-state index is 0.784. The van der Waals surface area contributed by atoms with Gasteiger partial charge in [0.2, 0.25) is 0 Å². The van der Waals surface area contributed by atoms with Crippen LogP contribution < -0.4 is 5.32 Å². The predicted octanol–water partition coefficient (Wildman–Crippen LogP) is 2.98. The van der Waals surface area contributed by atoms with Crippen LogP contribution in [-0.2, 0) is 0 Å². The highest BCUT2D eigenvalue weighted by molar-refractivity contribution is 9.10. The van der Waals surface area contributed by atoms with E-state index < -0.39 is 0 Å². The molecule has 0 spiro atoms. The second kappa shape index (κ2) is 4.19. The lowest BCUT2D eigenvalue weighted by Gasteiger charge is -2.06. The summed E-state index contributed by atoms with van der Waals surface area (Å²) in [6, 6.07) is 9.71. The van der Waals surface area contributed by atoms with Gasteiger partial charge in [-0.2, -0.15) is 0 Å². The lowest BCUT2D eigenvalue weighted by atomic mass is 10.3. The van der Waals surface area contributed by atoms with Gasteiger partial charge < -0.3 is 5.32 Å². The minimum Gasteiger partial charge on any atom is -0.339 e. The van der Waals surface area contributed by atoms with E-state index in [4.69, 9.17) is 0 Å². The first-order valence-corrected chi connectivity index (χ1v) is 4.93. The summed E-state index contributed by atoms with van der Waals surface area (Å²) in [5.74, 6) is 0.784. The molecule has 2 rings (SSSR count). The quantitative estimate of drug-likeness (QED) is 0.890. The second-order valence-electron chi connectivity index (χ2n) is 2.70. The number of halogens is 1. The number of nitrogens with zero attached hydrogens (tertiary/aromatic N) is 2. The van der Waals surface area contributed by atoms with Crippen LogP contribution in [0, 0.1) is 0 Å². The van der Waals surface area contributed by atoms with Gasteiger partial charge in [-0.1, -0.05) is 12.1 Å². The smallest absolute Gasteiger partial charge is 0.133 e. The first-order chi connectivity index (χ1) is 6.86. The van der Waals surface area contributed by atoms with Crippen LogP contribution in [0.2, 0.25) is 0 Å². The average Bonchev–Trinajstić information content (AvgIpc) is 2.23. The SMILES string of the molecule is Brc1ccccc1Nc1ccncn1. The van der Waals surface area contributed by atoms with Crippen LogP contribution >= 0.6 is 15.9 Å². The zero-order valence-electron chi connectivity index (χ0n) is 7.31. The highest BCUT2D eigenvalue weighted by Gasteiger charge is 1.98. The lowest BCUT2D eigenvalue weighted by Crippen LogP contribution is -1.93. The van der Waals surface area contributed by atoms with Crippen LogP contribution in [0.4, 0.5) is 11.5 Å². The van der Waals surface area contributed by atoms with Gasteiger partial charge in [0.15, 0.2) is 0 Å². The zero-order valence-corrected chi connectivity index (χ0v) is 8.90. The van der Waals surface area contributed by atoms with Crippen LogP contribution in [0.25, 0.3) is 0 Å². The zero-order chi connectivity index (χ0) is 9.80. The molecule has 1 heterocycles. The van der Waals surface area contributed by atoms with E-state index in [1.165, 1.54) is 6.33 Å². The van der Waals surface area contributed by atoms with Crippen LogP contribution in [0.15, 0.2) is 47.3 Å². The van der Waals surface area contributed by atoms with Crippen molar-refractivity contribution in [3.05, 3.63) is 47.3 Å². The molecule has 0 unspecified atom stereocenters. The molecule has 0 saturated carbocycles. The molecule has 0 atom stereocenters. The summed E-state index contributed by atoms with van der Waals surface area (Å²) in [5, 5.41) is 3.17. The largest absolute Gasteiger partial charge is 0.339 e. The number of rotatable bonds is 2. The summed E-state index contributed by atoms with van der Waals surface area (Å²) in [6.07, 6.45) is 3.21. The van der Waals surface area contributed by atoms with Crippen molar-refractivity contribution in [2.45, 2.75) is 0 Å². The first-order valence-electron chi connectivity index (χ1n) is 4.14. The van der Waals surface area contributed by atoms with Gasteiger partial charge in [0.1, 0.15) is 12.1 Å². The minimum absolute atomic E-state index is 0.784. The van der Waals surface area contributed by atoms with Crippen molar-refractivity contribution in [3.8, 4) is 0 Å². The Morgan fingerprint density at radius 3 is 2.71 bits per heavy atom. The molecule has 70 valence electrons. The van der Waals surface area contributed by atoms with Crippen LogP contribution in [0.1, 0.15) is 0 Å². The Morgan fingerprint density at radius 2 is 2.00 bits per heavy atom. The third kappa shape index (κ3) is 2.09. The van der Waals surface area contributed by atoms with Crippen LogP contribution in [0.5, 0.6) is 0 Å².